The van der Waals surface area contributed by atoms with Crippen molar-refractivity contribution < 1.29 is 9.18 Å². The molecule has 1 amide bonds. The number of amides is 1. The van der Waals surface area contributed by atoms with E-state index in [1.807, 2.05) is 14.0 Å². The number of rotatable bonds is 5. The van der Waals surface area contributed by atoms with Gasteiger partial charge in [0.25, 0.3) is 0 Å². The lowest BCUT2D eigenvalue weighted by Crippen LogP contribution is -2.48. The van der Waals surface area contributed by atoms with Crippen LogP contribution in [0, 0.1) is 5.82 Å². The summed E-state index contributed by atoms with van der Waals surface area (Å²) >= 11 is 0. The van der Waals surface area contributed by atoms with Crippen LogP contribution in [0.25, 0.3) is 11.0 Å². The number of aromatic amines is 1. The summed E-state index contributed by atoms with van der Waals surface area (Å²) in [6.45, 7) is 2.26. The lowest BCUT2D eigenvalue weighted by molar-refractivity contribution is -0.126. The molecule has 1 heterocycles. The molecule has 5 nitrogen and oxygen atoms in total. The van der Waals surface area contributed by atoms with Crippen molar-refractivity contribution in [2.45, 2.75) is 57.7 Å². The lowest BCUT2D eigenvalue weighted by Gasteiger charge is -2.34. The van der Waals surface area contributed by atoms with E-state index in [1.165, 1.54) is 44.2 Å². The van der Waals surface area contributed by atoms with Gasteiger partial charge in [-0.1, -0.05) is 19.3 Å². The van der Waals surface area contributed by atoms with Crippen LogP contribution in [-0.2, 0) is 11.3 Å². The Balaban J connectivity index is 1.57. The van der Waals surface area contributed by atoms with E-state index in [4.69, 9.17) is 0 Å². The summed E-state index contributed by atoms with van der Waals surface area (Å²) in [6.07, 6.45) is 6.14. The van der Waals surface area contributed by atoms with Crippen LogP contribution >= 0.6 is 0 Å². The summed E-state index contributed by atoms with van der Waals surface area (Å²) in [4.78, 5) is 22.0. The Morgan fingerprint density at radius 3 is 2.92 bits per heavy atom. The third-order valence-electron chi connectivity index (χ3n) is 5.06. The first-order chi connectivity index (χ1) is 11.5. The minimum atomic E-state index is -0.301. The monoisotopic (exact) mass is 332 g/mol. The summed E-state index contributed by atoms with van der Waals surface area (Å²) in [6, 6.07) is 4.75. The minimum absolute atomic E-state index is 0.00490. The van der Waals surface area contributed by atoms with Gasteiger partial charge in [0, 0.05) is 6.04 Å². The van der Waals surface area contributed by atoms with Gasteiger partial charge in [-0.2, -0.15) is 0 Å². The molecule has 0 spiro atoms. The Labute approximate surface area is 141 Å². The number of benzene rings is 1. The molecule has 0 bridgehead atoms. The largest absolute Gasteiger partial charge is 0.348 e. The van der Waals surface area contributed by atoms with E-state index < -0.39 is 0 Å². The van der Waals surface area contributed by atoms with Crippen LogP contribution in [-0.4, -0.2) is 39.9 Å². The predicted octanol–water partition coefficient (Wildman–Crippen LogP) is 2.97. The molecule has 130 valence electrons. The molecule has 0 saturated heterocycles. The van der Waals surface area contributed by atoms with Crippen molar-refractivity contribution in [3.63, 3.8) is 0 Å². The highest BCUT2D eigenvalue weighted by atomic mass is 19.1. The number of hydrogen-bond acceptors (Lipinski definition) is 3. The van der Waals surface area contributed by atoms with Gasteiger partial charge < -0.3 is 10.3 Å². The molecule has 0 radical (unpaired) electrons. The van der Waals surface area contributed by atoms with E-state index in [0.717, 1.165) is 0 Å². The van der Waals surface area contributed by atoms with Crippen LogP contribution in [0.2, 0.25) is 0 Å². The maximum Gasteiger partial charge on any atom is 0.237 e. The number of hydrogen-bond donors (Lipinski definition) is 2. The average molecular weight is 332 g/mol. The van der Waals surface area contributed by atoms with E-state index in [1.54, 1.807) is 6.07 Å². The van der Waals surface area contributed by atoms with Crippen molar-refractivity contribution >= 4 is 16.9 Å². The fraction of sp³-hybridized carbons (Fsp3) is 0.556. The van der Waals surface area contributed by atoms with Gasteiger partial charge in [-0.15, -0.1) is 0 Å². The number of carbonyl (C=O) groups excluding carboxylic acids is 1. The smallest absolute Gasteiger partial charge is 0.237 e. The average Bonchev–Trinajstić information content (AvgIpc) is 3.01. The zero-order valence-corrected chi connectivity index (χ0v) is 14.3. The first kappa shape index (κ1) is 16.9. The van der Waals surface area contributed by atoms with E-state index in [-0.39, 0.29) is 17.8 Å². The summed E-state index contributed by atoms with van der Waals surface area (Å²) in [5.74, 6) is 0.329. The molecule has 0 aliphatic heterocycles. The standard InChI is InChI=1S/C18H25FN4O/c1-12(23(2)14-6-4-3-5-7-14)18(24)20-11-17-21-15-9-8-13(19)10-16(15)22-17/h8-10,12,14H,3-7,11H2,1-2H3,(H,20,24)(H,21,22)/t12-/m1/s1. The maximum absolute atomic E-state index is 13.2. The first-order valence-electron chi connectivity index (χ1n) is 8.68. The first-order valence-corrected chi connectivity index (χ1v) is 8.68. The van der Waals surface area contributed by atoms with Gasteiger partial charge >= 0.3 is 0 Å². The third kappa shape index (κ3) is 3.75. The molecule has 1 aliphatic carbocycles. The van der Waals surface area contributed by atoms with Crippen molar-refractivity contribution in [2.24, 2.45) is 0 Å². The molecule has 2 N–H and O–H groups in total. The highest BCUT2D eigenvalue weighted by molar-refractivity contribution is 5.81. The van der Waals surface area contributed by atoms with Gasteiger partial charge in [-0.25, -0.2) is 9.37 Å². The number of aromatic nitrogens is 2. The SMILES string of the molecule is C[C@H](C(=O)NCc1nc2ccc(F)cc2[nH]1)N(C)C1CCCCC1. The van der Waals surface area contributed by atoms with Crippen molar-refractivity contribution in [2.75, 3.05) is 7.05 Å². The van der Waals surface area contributed by atoms with Crippen molar-refractivity contribution in [3.8, 4) is 0 Å². The van der Waals surface area contributed by atoms with Gasteiger partial charge in [0.05, 0.1) is 23.6 Å². The number of nitrogens with zero attached hydrogens (tertiary/aromatic N) is 2. The van der Waals surface area contributed by atoms with Crippen LogP contribution < -0.4 is 5.32 Å². The van der Waals surface area contributed by atoms with E-state index >= 15 is 0 Å². The summed E-state index contributed by atoms with van der Waals surface area (Å²) in [5, 5.41) is 2.93. The number of imidazole rings is 1. The number of fused-ring (bicyclic) bond motifs is 1. The van der Waals surface area contributed by atoms with Gasteiger partial charge in [-0.05, 0) is 45.0 Å². The number of halogens is 1. The normalized spacial score (nSPS) is 17.3. The number of H-pyrrole nitrogens is 1. The molecule has 3 rings (SSSR count). The topological polar surface area (TPSA) is 61.0 Å². The van der Waals surface area contributed by atoms with Crippen LogP contribution in [0.5, 0.6) is 0 Å². The van der Waals surface area contributed by atoms with Crippen LogP contribution in [0.1, 0.15) is 44.9 Å². The van der Waals surface area contributed by atoms with Gasteiger partial charge in [0.15, 0.2) is 0 Å². The summed E-state index contributed by atoms with van der Waals surface area (Å²) < 4.78 is 13.2. The molecule has 1 aromatic heterocycles. The van der Waals surface area contributed by atoms with Crippen molar-refractivity contribution in [1.29, 1.82) is 0 Å². The highest BCUT2D eigenvalue weighted by Crippen LogP contribution is 2.23. The molecule has 1 aliphatic rings. The molecular weight excluding hydrogens is 307 g/mol. The van der Waals surface area contributed by atoms with E-state index in [2.05, 4.69) is 20.2 Å². The summed E-state index contributed by atoms with van der Waals surface area (Å²) in [5.41, 5.74) is 1.35. The van der Waals surface area contributed by atoms with Gasteiger partial charge in [0.2, 0.25) is 5.91 Å². The molecule has 1 aromatic carbocycles. The Hall–Kier alpha value is -1.95. The Bertz CT molecular complexity index is 708. The molecular formula is C18H25FN4O. The van der Waals surface area contributed by atoms with Crippen molar-refractivity contribution in [1.82, 2.24) is 20.2 Å². The fourth-order valence-electron chi connectivity index (χ4n) is 3.43. The fourth-order valence-corrected chi connectivity index (χ4v) is 3.43. The minimum Gasteiger partial charge on any atom is -0.348 e. The van der Waals surface area contributed by atoms with E-state index in [9.17, 15) is 9.18 Å². The van der Waals surface area contributed by atoms with Gasteiger partial charge in [0.1, 0.15) is 11.6 Å². The second-order valence-corrected chi connectivity index (χ2v) is 6.70. The van der Waals surface area contributed by atoms with Crippen LogP contribution in [0.3, 0.4) is 0 Å². The Kier molecular flexibility index (Phi) is 5.14. The molecule has 1 fully saturated rings. The highest BCUT2D eigenvalue weighted by Gasteiger charge is 2.26. The second kappa shape index (κ2) is 7.30. The Morgan fingerprint density at radius 1 is 1.42 bits per heavy atom. The maximum atomic E-state index is 13.2. The zero-order chi connectivity index (χ0) is 17.1. The molecule has 0 unspecified atom stereocenters. The number of likely N-dealkylation sites (N-methyl/N-ethyl adjacent to an activating group) is 1. The molecule has 2 aromatic rings. The third-order valence-corrected chi connectivity index (χ3v) is 5.06. The van der Waals surface area contributed by atoms with Crippen molar-refractivity contribution in [3.05, 3.63) is 29.8 Å². The number of nitrogens with one attached hydrogen (secondary N) is 2. The molecule has 1 atom stereocenters. The molecule has 1 saturated carbocycles. The molecule has 24 heavy (non-hydrogen) atoms. The second-order valence-electron chi connectivity index (χ2n) is 6.70. The van der Waals surface area contributed by atoms with E-state index in [0.29, 0.717) is 29.4 Å². The predicted molar refractivity (Wildman–Crippen MR) is 92.0 cm³/mol. The molecule has 6 heteroatoms. The zero-order valence-electron chi connectivity index (χ0n) is 14.3. The summed E-state index contributed by atoms with van der Waals surface area (Å²) in [7, 11) is 2.03. The quantitative estimate of drug-likeness (QED) is 0.885. The number of carbonyl (C=O) groups is 1. The lowest BCUT2D eigenvalue weighted by atomic mass is 9.93. The Morgan fingerprint density at radius 2 is 2.17 bits per heavy atom. The van der Waals surface area contributed by atoms with Crippen LogP contribution in [0.4, 0.5) is 4.39 Å². The van der Waals surface area contributed by atoms with Crippen LogP contribution in [0.15, 0.2) is 18.2 Å². The van der Waals surface area contributed by atoms with Gasteiger partial charge in [-0.3, -0.25) is 9.69 Å².